The van der Waals surface area contributed by atoms with Gasteiger partial charge in [-0.25, -0.2) is 0 Å². The van der Waals surface area contributed by atoms with E-state index in [1.165, 1.54) is 31.7 Å². The molecule has 1 fully saturated rings. The van der Waals surface area contributed by atoms with Crippen molar-refractivity contribution in [3.8, 4) is 0 Å². The molecule has 2 N–H and O–H groups in total. The summed E-state index contributed by atoms with van der Waals surface area (Å²) in [5, 5.41) is 6.46. The molecule has 1 rings (SSSR count). The number of nitrogens with one attached hydrogen (secondary N) is 2. The highest BCUT2D eigenvalue weighted by Crippen LogP contribution is 2.09. The van der Waals surface area contributed by atoms with Crippen LogP contribution in [-0.2, 0) is 4.79 Å². The molecular formula is C15H31N3OS. The molecule has 4 nitrogen and oxygen atoms in total. The fourth-order valence-corrected chi connectivity index (χ4v) is 3.49. The highest BCUT2D eigenvalue weighted by Gasteiger charge is 2.16. The first-order chi connectivity index (χ1) is 9.76. The van der Waals surface area contributed by atoms with Gasteiger partial charge in [0.05, 0.1) is 0 Å². The summed E-state index contributed by atoms with van der Waals surface area (Å²) in [6.07, 6.45) is 4.09. The maximum absolute atomic E-state index is 11.8. The summed E-state index contributed by atoms with van der Waals surface area (Å²) in [7, 11) is 0. The Balaban J connectivity index is 2.05. The van der Waals surface area contributed by atoms with Gasteiger partial charge in [-0.2, -0.15) is 11.8 Å². The third-order valence-corrected chi connectivity index (χ3v) is 4.61. The number of thioether (sulfide) groups is 1. The molecule has 5 heteroatoms. The van der Waals surface area contributed by atoms with Gasteiger partial charge in [-0.15, -0.1) is 0 Å². The molecule has 1 amide bonds. The highest BCUT2D eigenvalue weighted by molar-refractivity contribution is 7.99. The van der Waals surface area contributed by atoms with Crippen molar-refractivity contribution in [1.82, 2.24) is 15.5 Å². The minimum Gasteiger partial charge on any atom is -0.356 e. The van der Waals surface area contributed by atoms with Crippen molar-refractivity contribution in [1.29, 1.82) is 0 Å². The van der Waals surface area contributed by atoms with E-state index in [2.05, 4.69) is 29.4 Å². The number of nitrogens with zero attached hydrogens (tertiary/aromatic N) is 1. The summed E-state index contributed by atoms with van der Waals surface area (Å²) in [5.41, 5.74) is 0. The van der Waals surface area contributed by atoms with Gasteiger partial charge in [-0.3, -0.25) is 4.79 Å². The zero-order chi connectivity index (χ0) is 14.6. The Morgan fingerprint density at radius 3 is 2.65 bits per heavy atom. The summed E-state index contributed by atoms with van der Waals surface area (Å²) in [6.45, 7) is 9.73. The molecule has 0 aromatic carbocycles. The summed E-state index contributed by atoms with van der Waals surface area (Å²) in [6, 6.07) is 0.366. The lowest BCUT2D eigenvalue weighted by atomic mass is 10.2. The minimum absolute atomic E-state index is 0.197. The van der Waals surface area contributed by atoms with Gasteiger partial charge in [0.2, 0.25) is 5.91 Å². The maximum Gasteiger partial charge on any atom is 0.221 e. The number of hydrogen-bond acceptors (Lipinski definition) is 4. The van der Waals surface area contributed by atoms with E-state index in [-0.39, 0.29) is 5.91 Å². The summed E-state index contributed by atoms with van der Waals surface area (Å²) in [4.78, 5) is 14.3. The topological polar surface area (TPSA) is 44.4 Å². The van der Waals surface area contributed by atoms with Crippen LogP contribution in [0.4, 0.5) is 0 Å². The van der Waals surface area contributed by atoms with E-state index in [4.69, 9.17) is 0 Å². The number of carbonyl (C=O) groups excluding carboxylic acids is 1. The van der Waals surface area contributed by atoms with Crippen LogP contribution in [0.15, 0.2) is 0 Å². The summed E-state index contributed by atoms with van der Waals surface area (Å²) in [5.74, 6) is 2.43. The van der Waals surface area contributed by atoms with Gasteiger partial charge in [0, 0.05) is 37.1 Å². The quantitative estimate of drug-likeness (QED) is 0.603. The molecule has 1 aliphatic heterocycles. The van der Waals surface area contributed by atoms with Crippen LogP contribution >= 0.6 is 11.8 Å². The normalized spacial score (nSPS) is 19.2. The standard InChI is InChI=1S/C15H31N3OS/c1-3-8-18(9-4-2)10-5-6-17-15(19)12-14-13-20-11-7-16-14/h14,16H,3-13H2,1-2H3,(H,17,19). The lowest BCUT2D eigenvalue weighted by Gasteiger charge is -2.23. The van der Waals surface area contributed by atoms with E-state index < -0.39 is 0 Å². The van der Waals surface area contributed by atoms with E-state index in [1.807, 2.05) is 11.8 Å². The zero-order valence-electron chi connectivity index (χ0n) is 13.1. The molecule has 1 atom stereocenters. The van der Waals surface area contributed by atoms with Gasteiger partial charge in [-0.05, 0) is 38.9 Å². The van der Waals surface area contributed by atoms with E-state index in [9.17, 15) is 4.79 Å². The van der Waals surface area contributed by atoms with Crippen LogP contribution in [-0.4, -0.2) is 61.1 Å². The third-order valence-electron chi connectivity index (χ3n) is 3.48. The first-order valence-electron chi connectivity index (χ1n) is 8.06. The van der Waals surface area contributed by atoms with Crippen molar-refractivity contribution in [3.05, 3.63) is 0 Å². The van der Waals surface area contributed by atoms with Crippen LogP contribution in [0.1, 0.15) is 39.5 Å². The number of hydrogen-bond donors (Lipinski definition) is 2. The van der Waals surface area contributed by atoms with Gasteiger partial charge >= 0.3 is 0 Å². The fraction of sp³-hybridized carbons (Fsp3) is 0.933. The van der Waals surface area contributed by atoms with E-state index >= 15 is 0 Å². The molecule has 0 spiro atoms. The van der Waals surface area contributed by atoms with Gasteiger partial charge in [-0.1, -0.05) is 13.8 Å². The molecule has 0 aromatic heterocycles. The smallest absolute Gasteiger partial charge is 0.221 e. The van der Waals surface area contributed by atoms with E-state index in [0.29, 0.717) is 12.5 Å². The Kier molecular flexibility index (Phi) is 10.1. The van der Waals surface area contributed by atoms with Crippen molar-refractivity contribution in [2.24, 2.45) is 0 Å². The second-order valence-electron chi connectivity index (χ2n) is 5.48. The van der Waals surface area contributed by atoms with Crippen LogP contribution in [0.2, 0.25) is 0 Å². The molecule has 0 aromatic rings. The predicted molar refractivity (Wildman–Crippen MR) is 88.4 cm³/mol. The molecule has 0 saturated carbocycles. The Labute approximate surface area is 128 Å². The van der Waals surface area contributed by atoms with Crippen molar-refractivity contribution in [2.75, 3.05) is 44.2 Å². The Bertz CT molecular complexity index is 252. The van der Waals surface area contributed by atoms with Crippen LogP contribution in [0.3, 0.4) is 0 Å². The first kappa shape index (κ1) is 17.8. The predicted octanol–water partition coefficient (Wildman–Crippen LogP) is 1.71. The molecule has 118 valence electrons. The lowest BCUT2D eigenvalue weighted by molar-refractivity contribution is -0.121. The van der Waals surface area contributed by atoms with Crippen molar-refractivity contribution in [2.45, 2.75) is 45.6 Å². The second kappa shape index (κ2) is 11.4. The summed E-state index contributed by atoms with van der Waals surface area (Å²) < 4.78 is 0. The van der Waals surface area contributed by atoms with Gasteiger partial charge < -0.3 is 15.5 Å². The van der Waals surface area contributed by atoms with Crippen molar-refractivity contribution in [3.63, 3.8) is 0 Å². The summed E-state index contributed by atoms with van der Waals surface area (Å²) >= 11 is 1.94. The minimum atomic E-state index is 0.197. The van der Waals surface area contributed by atoms with Gasteiger partial charge in [0.15, 0.2) is 0 Å². The lowest BCUT2D eigenvalue weighted by Crippen LogP contribution is -2.41. The van der Waals surface area contributed by atoms with Crippen LogP contribution in [0.5, 0.6) is 0 Å². The molecule has 1 aliphatic rings. The second-order valence-corrected chi connectivity index (χ2v) is 6.63. The number of rotatable bonds is 10. The molecule has 20 heavy (non-hydrogen) atoms. The molecular weight excluding hydrogens is 270 g/mol. The zero-order valence-corrected chi connectivity index (χ0v) is 13.9. The maximum atomic E-state index is 11.8. The van der Waals surface area contributed by atoms with Crippen molar-refractivity contribution < 1.29 is 4.79 Å². The van der Waals surface area contributed by atoms with Crippen LogP contribution in [0.25, 0.3) is 0 Å². The Hall–Kier alpha value is -0.260. The average molecular weight is 302 g/mol. The van der Waals surface area contributed by atoms with Crippen LogP contribution < -0.4 is 10.6 Å². The SMILES string of the molecule is CCCN(CCC)CCCNC(=O)CC1CSCCN1. The van der Waals surface area contributed by atoms with Gasteiger partial charge in [0.25, 0.3) is 0 Å². The number of carbonyl (C=O) groups is 1. The molecule has 0 radical (unpaired) electrons. The molecule has 0 aliphatic carbocycles. The molecule has 1 heterocycles. The Morgan fingerprint density at radius 2 is 2.05 bits per heavy atom. The average Bonchev–Trinajstić information content (AvgIpc) is 2.45. The van der Waals surface area contributed by atoms with Gasteiger partial charge in [0.1, 0.15) is 0 Å². The molecule has 0 bridgehead atoms. The molecule has 1 unspecified atom stereocenters. The Morgan fingerprint density at radius 1 is 1.30 bits per heavy atom. The third kappa shape index (κ3) is 8.12. The van der Waals surface area contributed by atoms with Crippen LogP contribution in [0, 0.1) is 0 Å². The largest absolute Gasteiger partial charge is 0.356 e. The fourth-order valence-electron chi connectivity index (χ4n) is 2.55. The monoisotopic (exact) mass is 301 g/mol. The first-order valence-corrected chi connectivity index (χ1v) is 9.21. The molecule has 1 saturated heterocycles. The van der Waals surface area contributed by atoms with E-state index in [1.54, 1.807) is 0 Å². The highest BCUT2D eigenvalue weighted by atomic mass is 32.2. The van der Waals surface area contributed by atoms with Crippen molar-refractivity contribution >= 4 is 17.7 Å². The van der Waals surface area contributed by atoms with E-state index in [0.717, 1.165) is 31.8 Å². The number of amides is 1.